The fourth-order valence-corrected chi connectivity index (χ4v) is 1.94. The number of hydrogen-bond acceptors (Lipinski definition) is 4. The minimum absolute atomic E-state index is 0. The van der Waals surface area contributed by atoms with Crippen molar-refractivity contribution in [2.24, 2.45) is 4.99 Å². The SMILES string of the molecule is CCOc1cc(NC(=NC)NCCCOC(C)C)ccc1OC.I. The Morgan fingerprint density at radius 1 is 1.25 bits per heavy atom. The number of hydrogen-bond donors (Lipinski definition) is 2. The van der Waals surface area contributed by atoms with Gasteiger partial charge in [-0.25, -0.2) is 0 Å². The highest BCUT2D eigenvalue weighted by Gasteiger charge is 2.06. The molecule has 0 heterocycles. The van der Waals surface area contributed by atoms with Crippen molar-refractivity contribution in [2.75, 3.05) is 39.2 Å². The number of guanidine groups is 1. The second-order valence-corrected chi connectivity index (χ2v) is 5.20. The van der Waals surface area contributed by atoms with E-state index in [1.54, 1.807) is 14.2 Å². The van der Waals surface area contributed by atoms with Crippen molar-refractivity contribution in [2.45, 2.75) is 33.3 Å². The Balaban J connectivity index is 0.00000529. The Bertz CT molecular complexity index is 496. The molecule has 0 aliphatic heterocycles. The summed E-state index contributed by atoms with van der Waals surface area (Å²) < 4.78 is 16.4. The topological polar surface area (TPSA) is 64.1 Å². The molecule has 0 atom stereocenters. The lowest BCUT2D eigenvalue weighted by atomic mass is 10.2. The number of benzene rings is 1. The Labute approximate surface area is 162 Å². The van der Waals surface area contributed by atoms with Crippen LogP contribution in [0.1, 0.15) is 27.2 Å². The van der Waals surface area contributed by atoms with Crippen molar-refractivity contribution in [3.05, 3.63) is 18.2 Å². The van der Waals surface area contributed by atoms with Crippen molar-refractivity contribution in [1.82, 2.24) is 5.32 Å². The van der Waals surface area contributed by atoms with E-state index in [0.717, 1.165) is 25.3 Å². The maximum Gasteiger partial charge on any atom is 0.195 e. The number of methoxy groups -OCH3 is 1. The van der Waals surface area contributed by atoms with Crippen LogP contribution in [0.15, 0.2) is 23.2 Å². The number of halogens is 1. The van der Waals surface area contributed by atoms with Crippen LogP contribution in [-0.2, 0) is 4.74 Å². The van der Waals surface area contributed by atoms with E-state index in [-0.39, 0.29) is 30.1 Å². The third-order valence-corrected chi connectivity index (χ3v) is 3.01. The molecule has 0 aromatic heterocycles. The van der Waals surface area contributed by atoms with Gasteiger partial charge in [0, 0.05) is 32.0 Å². The fourth-order valence-electron chi connectivity index (χ4n) is 1.94. The monoisotopic (exact) mass is 451 g/mol. The lowest BCUT2D eigenvalue weighted by Gasteiger charge is -2.15. The van der Waals surface area contributed by atoms with Gasteiger partial charge in [0.2, 0.25) is 0 Å². The first kappa shape index (κ1) is 22.8. The van der Waals surface area contributed by atoms with Crippen LogP contribution in [0.2, 0.25) is 0 Å². The van der Waals surface area contributed by atoms with Gasteiger partial charge in [-0.15, -0.1) is 24.0 Å². The molecule has 0 aliphatic carbocycles. The highest BCUT2D eigenvalue weighted by Crippen LogP contribution is 2.30. The first-order valence-corrected chi connectivity index (χ1v) is 8.00. The third-order valence-electron chi connectivity index (χ3n) is 3.01. The summed E-state index contributed by atoms with van der Waals surface area (Å²) >= 11 is 0. The van der Waals surface area contributed by atoms with E-state index in [9.17, 15) is 0 Å². The molecule has 0 aliphatic rings. The van der Waals surface area contributed by atoms with Crippen LogP contribution < -0.4 is 20.1 Å². The molecule has 0 saturated heterocycles. The first-order chi connectivity index (χ1) is 11.1. The minimum atomic E-state index is 0. The second-order valence-electron chi connectivity index (χ2n) is 5.20. The van der Waals surface area contributed by atoms with Crippen molar-refractivity contribution < 1.29 is 14.2 Å². The zero-order chi connectivity index (χ0) is 17.1. The highest BCUT2D eigenvalue weighted by atomic mass is 127. The molecule has 0 bridgehead atoms. The number of nitrogens with zero attached hydrogens (tertiary/aromatic N) is 1. The van der Waals surface area contributed by atoms with Gasteiger partial charge in [0.25, 0.3) is 0 Å². The van der Waals surface area contributed by atoms with Gasteiger partial charge in [0.15, 0.2) is 17.5 Å². The Morgan fingerprint density at radius 2 is 2.00 bits per heavy atom. The summed E-state index contributed by atoms with van der Waals surface area (Å²) in [7, 11) is 3.37. The number of ether oxygens (including phenoxy) is 3. The molecule has 1 aromatic rings. The predicted octanol–water partition coefficient (Wildman–Crippen LogP) is 3.51. The maximum atomic E-state index is 5.58. The molecule has 2 N–H and O–H groups in total. The maximum absolute atomic E-state index is 5.58. The van der Waals surface area contributed by atoms with Crippen molar-refractivity contribution in [3.63, 3.8) is 0 Å². The molecule has 1 rings (SSSR count). The summed E-state index contributed by atoms with van der Waals surface area (Å²) in [4.78, 5) is 4.22. The largest absolute Gasteiger partial charge is 0.493 e. The van der Waals surface area contributed by atoms with Crippen molar-refractivity contribution in [1.29, 1.82) is 0 Å². The quantitative estimate of drug-likeness (QED) is 0.261. The molecule has 1 aromatic carbocycles. The fraction of sp³-hybridized carbons (Fsp3) is 0.588. The summed E-state index contributed by atoms with van der Waals surface area (Å²) in [6.07, 6.45) is 1.19. The van der Waals surface area contributed by atoms with Gasteiger partial charge in [-0.2, -0.15) is 0 Å². The van der Waals surface area contributed by atoms with E-state index in [4.69, 9.17) is 14.2 Å². The molecular weight excluding hydrogens is 421 g/mol. The van der Waals surface area contributed by atoms with Gasteiger partial charge < -0.3 is 24.8 Å². The number of anilines is 1. The number of aliphatic imine (C=N–C) groups is 1. The molecule has 24 heavy (non-hydrogen) atoms. The van der Waals surface area contributed by atoms with Gasteiger partial charge in [-0.05, 0) is 39.3 Å². The Morgan fingerprint density at radius 3 is 2.58 bits per heavy atom. The van der Waals surface area contributed by atoms with Crippen molar-refractivity contribution in [3.8, 4) is 11.5 Å². The number of rotatable bonds is 9. The Kier molecular flexibility index (Phi) is 12.4. The van der Waals surface area contributed by atoms with Crippen molar-refractivity contribution >= 4 is 35.6 Å². The normalized spacial score (nSPS) is 11.0. The molecular formula is C17H30IN3O3. The zero-order valence-corrected chi connectivity index (χ0v) is 17.5. The smallest absolute Gasteiger partial charge is 0.195 e. The highest BCUT2D eigenvalue weighted by molar-refractivity contribution is 14.0. The van der Waals surface area contributed by atoms with Crippen LogP contribution in [0, 0.1) is 0 Å². The lowest BCUT2D eigenvalue weighted by Crippen LogP contribution is -2.32. The summed E-state index contributed by atoms with van der Waals surface area (Å²) in [5, 5.41) is 6.50. The molecule has 0 fully saturated rings. The average molecular weight is 451 g/mol. The van der Waals surface area contributed by atoms with Crippen LogP contribution in [0.4, 0.5) is 5.69 Å². The van der Waals surface area contributed by atoms with Gasteiger partial charge >= 0.3 is 0 Å². The van der Waals surface area contributed by atoms with Crippen LogP contribution in [0.3, 0.4) is 0 Å². The summed E-state index contributed by atoms with van der Waals surface area (Å²) in [5.74, 6) is 2.13. The van der Waals surface area contributed by atoms with Crippen LogP contribution in [0.5, 0.6) is 11.5 Å². The molecule has 0 spiro atoms. The third kappa shape index (κ3) is 8.58. The second kappa shape index (κ2) is 13.1. The number of nitrogens with one attached hydrogen (secondary N) is 2. The summed E-state index contributed by atoms with van der Waals surface area (Å²) in [6.45, 7) is 8.13. The molecule has 0 unspecified atom stereocenters. The summed E-state index contributed by atoms with van der Waals surface area (Å²) in [5.41, 5.74) is 0.890. The lowest BCUT2D eigenvalue weighted by molar-refractivity contribution is 0.0777. The van der Waals surface area contributed by atoms with E-state index in [1.165, 1.54) is 0 Å². The van der Waals surface area contributed by atoms with Crippen LogP contribution in [-0.4, -0.2) is 46.0 Å². The standard InChI is InChI=1S/C17H29N3O3.HI/c1-6-22-16-12-14(8-9-15(16)21-5)20-17(18-4)19-10-7-11-23-13(2)3;/h8-9,12-13H,6-7,10-11H2,1-5H3,(H2,18,19,20);1H. The van der Waals surface area contributed by atoms with E-state index in [2.05, 4.69) is 15.6 Å². The zero-order valence-electron chi connectivity index (χ0n) is 15.2. The molecule has 0 amide bonds. The molecule has 7 heteroatoms. The first-order valence-electron chi connectivity index (χ1n) is 8.00. The molecule has 138 valence electrons. The van der Waals surface area contributed by atoms with Crippen LogP contribution in [0.25, 0.3) is 0 Å². The summed E-state index contributed by atoms with van der Waals surface area (Å²) in [6, 6.07) is 5.70. The average Bonchev–Trinajstić information content (AvgIpc) is 2.53. The Hall–Kier alpha value is -1.22. The van der Waals surface area contributed by atoms with E-state index in [0.29, 0.717) is 24.1 Å². The van der Waals surface area contributed by atoms with Gasteiger partial charge in [0.05, 0.1) is 19.8 Å². The molecule has 0 radical (unpaired) electrons. The molecule has 6 nitrogen and oxygen atoms in total. The molecule has 0 saturated carbocycles. The van der Waals surface area contributed by atoms with Gasteiger partial charge in [-0.3, -0.25) is 4.99 Å². The van der Waals surface area contributed by atoms with E-state index in [1.807, 2.05) is 39.0 Å². The van der Waals surface area contributed by atoms with E-state index >= 15 is 0 Å². The van der Waals surface area contributed by atoms with Gasteiger partial charge in [-0.1, -0.05) is 0 Å². The van der Waals surface area contributed by atoms with Gasteiger partial charge in [0.1, 0.15) is 0 Å². The van der Waals surface area contributed by atoms with E-state index < -0.39 is 0 Å². The van der Waals surface area contributed by atoms with Crippen LogP contribution >= 0.6 is 24.0 Å². The predicted molar refractivity (Wildman–Crippen MR) is 110 cm³/mol. The minimum Gasteiger partial charge on any atom is -0.493 e.